The van der Waals surface area contributed by atoms with Crippen molar-refractivity contribution in [3.05, 3.63) is 17.5 Å². The highest BCUT2D eigenvalue weighted by molar-refractivity contribution is 5.93. The summed E-state index contributed by atoms with van der Waals surface area (Å²) in [6.07, 6.45) is 4.10. The fourth-order valence-corrected chi connectivity index (χ4v) is 2.65. The number of rotatable bonds is 5. The second-order valence-electron chi connectivity index (χ2n) is 5.14. The van der Waals surface area contributed by atoms with E-state index >= 15 is 0 Å². The van der Waals surface area contributed by atoms with Crippen LogP contribution in [0.3, 0.4) is 0 Å². The lowest BCUT2D eigenvalue weighted by atomic mass is 9.93. The molecule has 0 saturated heterocycles. The highest BCUT2D eigenvalue weighted by Crippen LogP contribution is 2.32. The van der Waals surface area contributed by atoms with E-state index < -0.39 is 11.5 Å². The molecule has 0 bridgehead atoms. The van der Waals surface area contributed by atoms with Crippen LogP contribution in [0, 0.1) is 0 Å². The molecule has 0 atom stereocenters. The summed E-state index contributed by atoms with van der Waals surface area (Å²) in [5.41, 5.74) is 0.617. The molecular formula is C13H19N3O3. The number of hydrogen-bond acceptors (Lipinski definition) is 3. The average Bonchev–Trinajstić information content (AvgIpc) is 2.97. The summed E-state index contributed by atoms with van der Waals surface area (Å²) in [7, 11) is 0. The first-order valence-corrected chi connectivity index (χ1v) is 6.63. The van der Waals surface area contributed by atoms with Gasteiger partial charge in [0, 0.05) is 5.69 Å². The number of H-pyrrole nitrogens is 1. The fraction of sp³-hybridized carbons (Fsp3) is 0.615. The van der Waals surface area contributed by atoms with Gasteiger partial charge in [-0.05, 0) is 25.3 Å². The Morgan fingerprint density at radius 3 is 2.68 bits per heavy atom. The van der Waals surface area contributed by atoms with E-state index in [1.165, 1.54) is 0 Å². The Kier molecular flexibility index (Phi) is 3.87. The number of carboxylic acid groups (broad SMARTS) is 1. The maximum atomic E-state index is 12.1. The van der Waals surface area contributed by atoms with E-state index in [0.29, 0.717) is 5.69 Å². The lowest BCUT2D eigenvalue weighted by molar-refractivity contribution is -0.138. The highest BCUT2D eigenvalue weighted by atomic mass is 16.4. The number of nitrogens with one attached hydrogen (secondary N) is 2. The van der Waals surface area contributed by atoms with Crippen LogP contribution >= 0.6 is 0 Å². The number of aromatic amines is 1. The lowest BCUT2D eigenvalue weighted by Crippen LogP contribution is -2.47. The Morgan fingerprint density at radius 2 is 2.16 bits per heavy atom. The molecule has 3 N–H and O–H groups in total. The standard InChI is InChI=1S/C13H19N3O3/c1-2-9-7-10(16-15-9)12(19)14-13(8-11(17)18)5-3-4-6-13/h7H,2-6,8H2,1H3,(H,14,19)(H,15,16)(H,17,18). The minimum Gasteiger partial charge on any atom is -0.481 e. The molecule has 0 unspecified atom stereocenters. The molecule has 6 nitrogen and oxygen atoms in total. The van der Waals surface area contributed by atoms with Gasteiger partial charge in [0.15, 0.2) is 0 Å². The van der Waals surface area contributed by atoms with E-state index in [4.69, 9.17) is 5.11 Å². The molecule has 1 aliphatic rings. The van der Waals surface area contributed by atoms with Crippen molar-refractivity contribution in [3.8, 4) is 0 Å². The van der Waals surface area contributed by atoms with Gasteiger partial charge in [0.2, 0.25) is 0 Å². The van der Waals surface area contributed by atoms with Crippen molar-refractivity contribution >= 4 is 11.9 Å². The predicted octanol–water partition coefficient (Wildman–Crippen LogP) is 1.49. The maximum absolute atomic E-state index is 12.1. The zero-order valence-corrected chi connectivity index (χ0v) is 11.0. The number of amides is 1. The Bertz CT molecular complexity index is 475. The maximum Gasteiger partial charge on any atom is 0.305 e. The van der Waals surface area contributed by atoms with Crippen molar-refractivity contribution < 1.29 is 14.7 Å². The number of aromatic nitrogens is 2. The molecule has 1 aliphatic carbocycles. The van der Waals surface area contributed by atoms with Crippen LogP contribution < -0.4 is 5.32 Å². The highest BCUT2D eigenvalue weighted by Gasteiger charge is 2.37. The molecular weight excluding hydrogens is 246 g/mol. The third kappa shape index (κ3) is 3.13. The molecule has 1 aromatic heterocycles. The lowest BCUT2D eigenvalue weighted by Gasteiger charge is -2.28. The summed E-state index contributed by atoms with van der Waals surface area (Å²) >= 11 is 0. The molecule has 0 aromatic carbocycles. The number of carbonyl (C=O) groups is 2. The second-order valence-corrected chi connectivity index (χ2v) is 5.14. The molecule has 104 valence electrons. The summed E-state index contributed by atoms with van der Waals surface area (Å²) in [6, 6.07) is 1.71. The van der Waals surface area contributed by atoms with Crippen LogP contribution in [0.4, 0.5) is 0 Å². The molecule has 1 amide bonds. The van der Waals surface area contributed by atoms with Gasteiger partial charge >= 0.3 is 5.97 Å². The number of hydrogen-bond donors (Lipinski definition) is 3. The summed E-state index contributed by atoms with van der Waals surface area (Å²) in [6.45, 7) is 1.97. The molecule has 2 rings (SSSR count). The van der Waals surface area contributed by atoms with Gasteiger partial charge in [-0.15, -0.1) is 0 Å². The van der Waals surface area contributed by atoms with Crippen LogP contribution in [0.25, 0.3) is 0 Å². The van der Waals surface area contributed by atoms with Gasteiger partial charge in [-0.1, -0.05) is 19.8 Å². The zero-order valence-electron chi connectivity index (χ0n) is 11.0. The topological polar surface area (TPSA) is 95.1 Å². The first-order chi connectivity index (χ1) is 9.04. The summed E-state index contributed by atoms with van der Waals surface area (Å²) < 4.78 is 0. The minimum absolute atomic E-state index is 0.0240. The Balaban J connectivity index is 2.08. The van der Waals surface area contributed by atoms with Crippen molar-refractivity contribution in [3.63, 3.8) is 0 Å². The van der Waals surface area contributed by atoms with Gasteiger partial charge in [0.05, 0.1) is 12.0 Å². The van der Waals surface area contributed by atoms with Crippen LogP contribution in [0.5, 0.6) is 0 Å². The Morgan fingerprint density at radius 1 is 1.47 bits per heavy atom. The smallest absolute Gasteiger partial charge is 0.305 e. The van der Waals surface area contributed by atoms with Crippen LogP contribution in [0.1, 0.15) is 55.2 Å². The van der Waals surface area contributed by atoms with Gasteiger partial charge in [0.25, 0.3) is 5.91 Å². The van der Waals surface area contributed by atoms with Gasteiger partial charge in [-0.3, -0.25) is 14.7 Å². The fourth-order valence-electron chi connectivity index (χ4n) is 2.65. The summed E-state index contributed by atoms with van der Waals surface area (Å²) in [4.78, 5) is 23.1. The second kappa shape index (κ2) is 5.42. The third-order valence-corrected chi connectivity index (χ3v) is 3.67. The molecule has 1 saturated carbocycles. The number of carboxylic acids is 1. The molecule has 1 fully saturated rings. The normalized spacial score (nSPS) is 17.3. The minimum atomic E-state index is -0.876. The van der Waals surface area contributed by atoms with E-state index in [1.807, 2.05) is 6.92 Å². The first kappa shape index (κ1) is 13.6. The molecule has 6 heteroatoms. The van der Waals surface area contributed by atoms with Crippen LogP contribution in [-0.2, 0) is 11.2 Å². The molecule has 0 spiro atoms. The zero-order chi connectivity index (χ0) is 13.9. The SMILES string of the molecule is CCc1cc(C(=O)NC2(CC(=O)O)CCCC2)n[nH]1. The van der Waals surface area contributed by atoms with Crippen LogP contribution in [0.15, 0.2) is 6.07 Å². The average molecular weight is 265 g/mol. The van der Waals surface area contributed by atoms with Crippen LogP contribution in [0.2, 0.25) is 0 Å². The number of aliphatic carboxylic acids is 1. The summed E-state index contributed by atoms with van der Waals surface area (Å²) in [5.74, 6) is -1.17. The Hall–Kier alpha value is -1.85. The largest absolute Gasteiger partial charge is 0.481 e. The van der Waals surface area contributed by atoms with Crippen molar-refractivity contribution in [2.45, 2.75) is 51.0 Å². The van der Waals surface area contributed by atoms with Crippen molar-refractivity contribution in [2.24, 2.45) is 0 Å². The molecule has 1 heterocycles. The molecule has 19 heavy (non-hydrogen) atoms. The van der Waals surface area contributed by atoms with Crippen molar-refractivity contribution in [2.75, 3.05) is 0 Å². The first-order valence-electron chi connectivity index (χ1n) is 6.63. The molecule has 0 radical (unpaired) electrons. The Labute approximate surface area is 111 Å². The van der Waals surface area contributed by atoms with Gasteiger partial charge in [0.1, 0.15) is 5.69 Å². The van der Waals surface area contributed by atoms with E-state index in [1.54, 1.807) is 6.07 Å². The van der Waals surface area contributed by atoms with Crippen LogP contribution in [-0.4, -0.2) is 32.7 Å². The van der Waals surface area contributed by atoms with E-state index in [9.17, 15) is 9.59 Å². The molecule has 1 aromatic rings. The summed E-state index contributed by atoms with van der Waals surface area (Å²) in [5, 5.41) is 18.6. The van der Waals surface area contributed by atoms with Crippen molar-refractivity contribution in [1.82, 2.24) is 15.5 Å². The van der Waals surface area contributed by atoms with Gasteiger partial charge in [-0.25, -0.2) is 0 Å². The predicted molar refractivity (Wildman–Crippen MR) is 68.9 cm³/mol. The van der Waals surface area contributed by atoms with E-state index in [0.717, 1.165) is 37.8 Å². The number of nitrogens with zero attached hydrogens (tertiary/aromatic N) is 1. The quantitative estimate of drug-likeness (QED) is 0.751. The third-order valence-electron chi connectivity index (χ3n) is 3.67. The van der Waals surface area contributed by atoms with Gasteiger partial charge < -0.3 is 10.4 Å². The van der Waals surface area contributed by atoms with Crippen molar-refractivity contribution in [1.29, 1.82) is 0 Å². The van der Waals surface area contributed by atoms with E-state index in [2.05, 4.69) is 15.5 Å². The van der Waals surface area contributed by atoms with Gasteiger partial charge in [-0.2, -0.15) is 5.10 Å². The number of aryl methyl sites for hydroxylation is 1. The molecule has 0 aliphatic heterocycles. The monoisotopic (exact) mass is 265 g/mol. The van der Waals surface area contributed by atoms with E-state index in [-0.39, 0.29) is 12.3 Å². The number of carbonyl (C=O) groups excluding carboxylic acids is 1.